The molecule has 0 aromatic rings. The number of nitrogens with one attached hydrogen (secondary N) is 1. The number of esters is 1. The fourth-order valence-electron chi connectivity index (χ4n) is 0.917. The molecule has 1 N–H and O–H groups in total. The van der Waals surface area contributed by atoms with E-state index in [0.717, 1.165) is 14.2 Å². The van der Waals surface area contributed by atoms with Crippen LogP contribution in [0.3, 0.4) is 0 Å². The highest BCUT2D eigenvalue weighted by Crippen LogP contribution is 2.59. The minimum absolute atomic E-state index is 0.0946. The lowest BCUT2D eigenvalue weighted by molar-refractivity contribution is -0.146. The van der Waals surface area contributed by atoms with E-state index < -0.39 is 18.8 Å². The number of carbonyl (C=O) groups is 1. The van der Waals surface area contributed by atoms with Gasteiger partial charge in [0.2, 0.25) is 0 Å². The summed E-state index contributed by atoms with van der Waals surface area (Å²) >= 11 is 0. The van der Waals surface area contributed by atoms with Gasteiger partial charge in [0.05, 0.1) is 6.61 Å². The molecule has 8 heteroatoms. The van der Waals surface area contributed by atoms with Crippen LogP contribution >= 0.6 is 7.60 Å². The number of nitrogens with zero attached hydrogens (tertiary/aromatic N) is 1. The maximum Gasteiger partial charge on any atom is 0.370 e. The van der Waals surface area contributed by atoms with Crippen molar-refractivity contribution in [2.75, 3.05) is 20.8 Å². The molecular formula is C7H15N2O5P. The van der Waals surface area contributed by atoms with Crippen molar-refractivity contribution >= 4 is 13.6 Å². The molecule has 15 heavy (non-hydrogen) atoms. The molecule has 0 saturated heterocycles. The molecule has 0 aliphatic carbocycles. The van der Waals surface area contributed by atoms with Crippen molar-refractivity contribution in [2.45, 2.75) is 19.1 Å². The van der Waals surface area contributed by atoms with Crippen molar-refractivity contribution in [2.24, 2.45) is 5.11 Å². The van der Waals surface area contributed by atoms with Crippen LogP contribution in [0.5, 0.6) is 0 Å². The van der Waals surface area contributed by atoms with Crippen molar-refractivity contribution in [1.82, 2.24) is 0 Å². The van der Waals surface area contributed by atoms with E-state index >= 15 is 0 Å². The van der Waals surface area contributed by atoms with Crippen LogP contribution in [0.4, 0.5) is 0 Å². The van der Waals surface area contributed by atoms with Crippen molar-refractivity contribution in [3.05, 3.63) is 0 Å². The Kier molecular flexibility index (Phi) is 5.07. The fourth-order valence-corrected chi connectivity index (χ4v) is 2.19. The van der Waals surface area contributed by atoms with Crippen LogP contribution in [-0.4, -0.2) is 32.1 Å². The highest BCUT2D eigenvalue weighted by molar-refractivity contribution is 7.56. The zero-order valence-electron chi connectivity index (χ0n) is 9.14. The average Bonchev–Trinajstić information content (AvgIpc) is 2.26. The molecule has 0 radical (unpaired) electrons. The molecule has 0 aromatic carbocycles. The van der Waals surface area contributed by atoms with E-state index in [1.54, 1.807) is 6.92 Å². The van der Waals surface area contributed by atoms with Gasteiger partial charge in [-0.25, -0.2) is 10.3 Å². The first-order chi connectivity index (χ1) is 6.91. The van der Waals surface area contributed by atoms with E-state index in [0.29, 0.717) is 0 Å². The maximum atomic E-state index is 12.0. The lowest BCUT2D eigenvalue weighted by Gasteiger charge is -2.27. The third kappa shape index (κ3) is 2.42. The zero-order valence-corrected chi connectivity index (χ0v) is 10.0. The first-order valence-corrected chi connectivity index (χ1v) is 5.73. The van der Waals surface area contributed by atoms with Gasteiger partial charge >= 0.3 is 13.6 Å². The van der Waals surface area contributed by atoms with E-state index in [9.17, 15) is 9.36 Å². The van der Waals surface area contributed by atoms with Crippen LogP contribution in [0.15, 0.2) is 5.11 Å². The molecule has 0 saturated carbocycles. The summed E-state index contributed by atoms with van der Waals surface area (Å²) in [5.74, 6) is -0.910. The molecule has 0 spiro atoms. The summed E-state index contributed by atoms with van der Waals surface area (Å²) < 4.78 is 25.9. The Hall–Kier alpha value is -0.780. The number of rotatable bonds is 6. The van der Waals surface area contributed by atoms with Crippen LogP contribution in [0.2, 0.25) is 0 Å². The molecule has 0 aromatic heterocycles. The van der Waals surface area contributed by atoms with Crippen LogP contribution in [0.1, 0.15) is 13.8 Å². The lowest BCUT2D eigenvalue weighted by Crippen LogP contribution is -2.35. The molecule has 0 rings (SSSR count). The van der Waals surface area contributed by atoms with E-state index in [2.05, 4.69) is 18.9 Å². The van der Waals surface area contributed by atoms with Crippen LogP contribution in [-0.2, 0) is 23.1 Å². The maximum absolute atomic E-state index is 12.0. The Morgan fingerprint density at radius 1 is 1.47 bits per heavy atom. The van der Waals surface area contributed by atoms with Gasteiger partial charge in [0.15, 0.2) is 0 Å². The summed E-state index contributed by atoms with van der Waals surface area (Å²) in [6.45, 7) is 2.86. The minimum Gasteiger partial charge on any atom is -0.464 e. The monoisotopic (exact) mass is 238 g/mol. The highest BCUT2D eigenvalue weighted by Gasteiger charge is 2.54. The third-order valence-electron chi connectivity index (χ3n) is 1.89. The molecule has 1 atom stereocenters. The Morgan fingerprint density at radius 2 is 1.93 bits per heavy atom. The quantitative estimate of drug-likeness (QED) is 0.432. The lowest BCUT2D eigenvalue weighted by atomic mass is 10.3. The van der Waals surface area contributed by atoms with Crippen molar-refractivity contribution in [3.8, 4) is 0 Å². The van der Waals surface area contributed by atoms with Crippen LogP contribution in [0, 0.1) is 5.53 Å². The summed E-state index contributed by atoms with van der Waals surface area (Å²) in [4.78, 5) is 11.5. The molecular weight excluding hydrogens is 223 g/mol. The topological polar surface area (TPSA) is 98.0 Å². The van der Waals surface area contributed by atoms with Gasteiger partial charge in [-0.3, -0.25) is 4.57 Å². The fraction of sp³-hybridized carbons (Fsp3) is 0.857. The molecule has 0 bridgehead atoms. The van der Waals surface area contributed by atoms with Gasteiger partial charge in [-0.05, 0) is 13.8 Å². The van der Waals surface area contributed by atoms with Gasteiger partial charge in [-0.2, -0.15) is 5.11 Å². The molecule has 0 amide bonds. The Balaban J connectivity index is 5.24. The van der Waals surface area contributed by atoms with Gasteiger partial charge in [0.25, 0.3) is 5.28 Å². The Bertz CT molecular complexity index is 287. The normalized spacial score (nSPS) is 15.5. The predicted molar refractivity (Wildman–Crippen MR) is 51.8 cm³/mol. The van der Waals surface area contributed by atoms with Gasteiger partial charge < -0.3 is 13.8 Å². The second kappa shape index (κ2) is 5.34. The smallest absolute Gasteiger partial charge is 0.370 e. The van der Waals surface area contributed by atoms with Crippen molar-refractivity contribution < 1.29 is 23.1 Å². The van der Waals surface area contributed by atoms with E-state index in [-0.39, 0.29) is 6.61 Å². The first kappa shape index (κ1) is 14.2. The SMILES string of the molecule is CCOC(=O)C(C)(N=N)P(=O)(OC)OC. The van der Waals surface area contributed by atoms with Gasteiger partial charge in [-0.15, -0.1) is 0 Å². The highest BCUT2D eigenvalue weighted by atomic mass is 31.2. The second-order valence-electron chi connectivity index (χ2n) is 2.72. The van der Waals surface area contributed by atoms with Crippen molar-refractivity contribution in [1.29, 1.82) is 5.53 Å². The van der Waals surface area contributed by atoms with Gasteiger partial charge in [-0.1, -0.05) is 0 Å². The Morgan fingerprint density at radius 3 is 2.20 bits per heavy atom. The minimum atomic E-state index is -3.82. The summed E-state index contributed by atoms with van der Waals surface area (Å²) in [5.41, 5.74) is 6.92. The average molecular weight is 238 g/mol. The Labute approximate surface area is 88.1 Å². The predicted octanol–water partition coefficient (Wildman–Crippen LogP) is 1.78. The van der Waals surface area contributed by atoms with E-state index in [4.69, 9.17) is 5.53 Å². The standard InChI is InChI=1S/C7H15N2O5P/c1-5-14-6(10)7(2,9-8)15(11,12-3)13-4/h8H,5H2,1-4H3. The molecule has 0 aliphatic heterocycles. The largest absolute Gasteiger partial charge is 0.464 e. The molecule has 0 aliphatic rings. The molecule has 88 valence electrons. The van der Waals surface area contributed by atoms with Crippen molar-refractivity contribution in [3.63, 3.8) is 0 Å². The summed E-state index contributed by atoms with van der Waals surface area (Å²) in [6.07, 6.45) is 0. The summed E-state index contributed by atoms with van der Waals surface area (Å²) in [7, 11) is -1.58. The van der Waals surface area contributed by atoms with Crippen LogP contribution < -0.4 is 0 Å². The molecule has 0 heterocycles. The second-order valence-corrected chi connectivity index (χ2v) is 5.31. The summed E-state index contributed by atoms with van der Waals surface area (Å²) in [5, 5.41) is 1.06. The van der Waals surface area contributed by atoms with Gasteiger partial charge in [0.1, 0.15) is 0 Å². The van der Waals surface area contributed by atoms with E-state index in [1.165, 1.54) is 6.92 Å². The molecule has 1 unspecified atom stereocenters. The summed E-state index contributed by atoms with van der Waals surface area (Å²) in [6, 6.07) is 0. The number of carbonyl (C=O) groups excluding carboxylic acids is 1. The molecule has 0 fully saturated rings. The first-order valence-electron chi connectivity index (χ1n) is 4.19. The van der Waals surface area contributed by atoms with Gasteiger partial charge in [0, 0.05) is 14.2 Å². The number of ether oxygens (including phenoxy) is 1. The zero-order chi connectivity index (χ0) is 12.1. The third-order valence-corrected chi connectivity index (χ3v) is 4.20. The number of hydrogen-bond donors (Lipinski definition) is 1. The van der Waals surface area contributed by atoms with E-state index in [1.807, 2.05) is 0 Å². The molecule has 7 nitrogen and oxygen atoms in total. The number of hydrogen-bond acceptors (Lipinski definition) is 7. The van der Waals surface area contributed by atoms with Crippen LogP contribution in [0.25, 0.3) is 0 Å².